The van der Waals surface area contributed by atoms with Crippen LogP contribution in [0.3, 0.4) is 0 Å². The van der Waals surface area contributed by atoms with Gasteiger partial charge in [-0.25, -0.2) is 4.79 Å². The molecule has 0 fully saturated rings. The van der Waals surface area contributed by atoms with Gasteiger partial charge in [-0.2, -0.15) is 0 Å². The molecule has 0 bridgehead atoms. The molecule has 88 valence electrons. The zero-order chi connectivity index (χ0) is 12.1. The average Bonchev–Trinajstić information content (AvgIpc) is 2.27. The van der Waals surface area contributed by atoms with E-state index in [2.05, 4.69) is 13.8 Å². The van der Waals surface area contributed by atoms with Crippen LogP contribution < -0.4 is 5.56 Å². The molecule has 1 aromatic rings. The van der Waals surface area contributed by atoms with Crippen LogP contribution in [0.1, 0.15) is 37.0 Å². The molecule has 4 heteroatoms. The molecule has 0 atom stereocenters. The first-order chi connectivity index (χ1) is 7.60. The van der Waals surface area contributed by atoms with Gasteiger partial charge in [0.25, 0.3) is 5.56 Å². The quantitative estimate of drug-likeness (QED) is 0.830. The van der Waals surface area contributed by atoms with Crippen molar-refractivity contribution in [3.8, 4) is 0 Å². The van der Waals surface area contributed by atoms with Crippen molar-refractivity contribution >= 4 is 5.97 Å². The van der Waals surface area contributed by atoms with E-state index in [0.29, 0.717) is 12.5 Å². The van der Waals surface area contributed by atoms with Crippen LogP contribution in [0.5, 0.6) is 0 Å². The Morgan fingerprint density at radius 3 is 2.56 bits per heavy atom. The summed E-state index contributed by atoms with van der Waals surface area (Å²) in [5.74, 6) is -0.745. The van der Waals surface area contributed by atoms with Crippen molar-refractivity contribution in [3.05, 3.63) is 34.2 Å². The van der Waals surface area contributed by atoms with Gasteiger partial charge in [-0.15, -0.1) is 0 Å². The Bertz CT molecular complexity index is 419. The zero-order valence-electron chi connectivity index (χ0n) is 9.64. The Labute approximate surface area is 94.5 Å². The van der Waals surface area contributed by atoms with Crippen LogP contribution in [0.25, 0.3) is 0 Å². The number of nitrogens with zero attached hydrogens (tertiary/aromatic N) is 1. The lowest BCUT2D eigenvalue weighted by Crippen LogP contribution is -2.27. The molecule has 0 spiro atoms. The standard InChI is InChI=1S/C12H17NO3/c1-3-9(4-2)8-13-7-5-6-10(11(13)14)12(15)16/h5-7,9H,3-4,8H2,1-2H3,(H,15,16). The van der Waals surface area contributed by atoms with E-state index < -0.39 is 11.5 Å². The summed E-state index contributed by atoms with van der Waals surface area (Å²) in [7, 11) is 0. The van der Waals surface area contributed by atoms with Crippen LogP contribution in [0.15, 0.2) is 23.1 Å². The predicted octanol–water partition coefficient (Wildman–Crippen LogP) is 1.98. The smallest absolute Gasteiger partial charge is 0.341 e. The molecule has 0 aliphatic rings. The lowest BCUT2D eigenvalue weighted by Gasteiger charge is -2.14. The minimum absolute atomic E-state index is 0.159. The molecule has 0 amide bonds. The van der Waals surface area contributed by atoms with Crippen molar-refractivity contribution in [2.45, 2.75) is 33.2 Å². The third-order valence-corrected chi connectivity index (χ3v) is 2.86. The topological polar surface area (TPSA) is 59.3 Å². The molecule has 0 aromatic carbocycles. The third kappa shape index (κ3) is 2.72. The largest absolute Gasteiger partial charge is 0.477 e. The summed E-state index contributed by atoms with van der Waals surface area (Å²) in [6.07, 6.45) is 3.62. The zero-order valence-corrected chi connectivity index (χ0v) is 9.64. The summed E-state index contributed by atoms with van der Waals surface area (Å²) in [5.41, 5.74) is -0.574. The van der Waals surface area contributed by atoms with Gasteiger partial charge in [0.1, 0.15) is 5.56 Å². The Kier molecular flexibility index (Phi) is 4.28. The Balaban J connectivity index is 3.02. The van der Waals surface area contributed by atoms with Crippen LogP contribution >= 0.6 is 0 Å². The van der Waals surface area contributed by atoms with E-state index in [4.69, 9.17) is 5.11 Å². The fourth-order valence-electron chi connectivity index (χ4n) is 1.67. The minimum atomic E-state index is -1.16. The number of aromatic carboxylic acids is 1. The number of carboxylic acids is 1. The molecule has 0 aliphatic carbocycles. The third-order valence-electron chi connectivity index (χ3n) is 2.86. The molecule has 0 radical (unpaired) electrons. The van der Waals surface area contributed by atoms with Gasteiger partial charge >= 0.3 is 5.97 Å². The SMILES string of the molecule is CCC(CC)Cn1cccc(C(=O)O)c1=O. The number of carboxylic acid groups (broad SMARTS) is 1. The van der Waals surface area contributed by atoms with E-state index in [1.807, 2.05) is 0 Å². The number of carbonyl (C=O) groups is 1. The summed E-state index contributed by atoms with van der Waals surface area (Å²) in [6.45, 7) is 4.73. The summed E-state index contributed by atoms with van der Waals surface area (Å²) in [5, 5.41) is 8.83. The van der Waals surface area contributed by atoms with Gasteiger partial charge in [0.05, 0.1) is 0 Å². The number of pyridine rings is 1. The maximum absolute atomic E-state index is 11.8. The van der Waals surface area contributed by atoms with Gasteiger partial charge in [0.15, 0.2) is 0 Å². The second-order valence-corrected chi connectivity index (χ2v) is 3.87. The molecule has 0 aliphatic heterocycles. The maximum atomic E-state index is 11.8. The fraction of sp³-hybridized carbons (Fsp3) is 0.500. The van der Waals surface area contributed by atoms with E-state index in [1.165, 1.54) is 10.6 Å². The highest BCUT2D eigenvalue weighted by Crippen LogP contribution is 2.09. The monoisotopic (exact) mass is 223 g/mol. The van der Waals surface area contributed by atoms with E-state index in [0.717, 1.165) is 12.8 Å². The van der Waals surface area contributed by atoms with Crippen molar-refractivity contribution in [3.63, 3.8) is 0 Å². The Morgan fingerprint density at radius 1 is 1.44 bits per heavy atom. The fourth-order valence-corrected chi connectivity index (χ4v) is 1.67. The molecule has 0 saturated carbocycles. The lowest BCUT2D eigenvalue weighted by atomic mass is 10.0. The second-order valence-electron chi connectivity index (χ2n) is 3.87. The summed E-state index contributed by atoms with van der Waals surface area (Å²) in [6, 6.07) is 2.95. The molecule has 1 rings (SSSR count). The summed E-state index contributed by atoms with van der Waals surface area (Å²) >= 11 is 0. The highest BCUT2D eigenvalue weighted by Gasteiger charge is 2.12. The van der Waals surface area contributed by atoms with Crippen molar-refractivity contribution in [1.29, 1.82) is 0 Å². The summed E-state index contributed by atoms with van der Waals surface area (Å²) in [4.78, 5) is 22.5. The Hall–Kier alpha value is -1.58. The normalized spacial score (nSPS) is 10.7. The van der Waals surface area contributed by atoms with E-state index in [1.54, 1.807) is 12.3 Å². The second kappa shape index (κ2) is 5.49. The highest BCUT2D eigenvalue weighted by atomic mass is 16.4. The van der Waals surface area contributed by atoms with E-state index >= 15 is 0 Å². The molecule has 4 nitrogen and oxygen atoms in total. The molecule has 1 aromatic heterocycles. The van der Waals surface area contributed by atoms with Crippen LogP contribution in [0, 0.1) is 5.92 Å². The van der Waals surface area contributed by atoms with Gasteiger partial charge in [-0.1, -0.05) is 26.7 Å². The first-order valence-electron chi connectivity index (χ1n) is 5.52. The van der Waals surface area contributed by atoms with Gasteiger partial charge in [-0.05, 0) is 18.1 Å². The maximum Gasteiger partial charge on any atom is 0.341 e. The molecular weight excluding hydrogens is 206 g/mol. The van der Waals surface area contributed by atoms with Crippen molar-refractivity contribution in [1.82, 2.24) is 4.57 Å². The molecule has 1 heterocycles. The van der Waals surface area contributed by atoms with Crippen LogP contribution in [-0.4, -0.2) is 15.6 Å². The number of hydrogen-bond acceptors (Lipinski definition) is 2. The first-order valence-corrected chi connectivity index (χ1v) is 5.52. The van der Waals surface area contributed by atoms with E-state index in [-0.39, 0.29) is 5.56 Å². The van der Waals surface area contributed by atoms with Crippen molar-refractivity contribution in [2.24, 2.45) is 5.92 Å². The van der Waals surface area contributed by atoms with Crippen molar-refractivity contribution in [2.75, 3.05) is 0 Å². The van der Waals surface area contributed by atoms with Gasteiger partial charge in [0.2, 0.25) is 0 Å². The molecule has 16 heavy (non-hydrogen) atoms. The highest BCUT2D eigenvalue weighted by molar-refractivity contribution is 5.86. The van der Waals surface area contributed by atoms with Crippen molar-refractivity contribution < 1.29 is 9.90 Å². The van der Waals surface area contributed by atoms with Crippen LogP contribution in [0.4, 0.5) is 0 Å². The van der Waals surface area contributed by atoms with Gasteiger partial charge in [0, 0.05) is 12.7 Å². The molecule has 1 N–H and O–H groups in total. The Morgan fingerprint density at radius 2 is 2.06 bits per heavy atom. The molecular formula is C12H17NO3. The van der Waals surface area contributed by atoms with Gasteiger partial charge in [-0.3, -0.25) is 4.79 Å². The van der Waals surface area contributed by atoms with Crippen LogP contribution in [-0.2, 0) is 6.54 Å². The number of aromatic nitrogens is 1. The number of hydrogen-bond donors (Lipinski definition) is 1. The summed E-state index contributed by atoms with van der Waals surface area (Å²) < 4.78 is 1.49. The number of rotatable bonds is 5. The first kappa shape index (κ1) is 12.5. The van der Waals surface area contributed by atoms with Gasteiger partial charge < -0.3 is 9.67 Å². The average molecular weight is 223 g/mol. The molecule has 0 unspecified atom stereocenters. The molecule has 0 saturated heterocycles. The van der Waals surface area contributed by atoms with Crippen LogP contribution in [0.2, 0.25) is 0 Å². The predicted molar refractivity (Wildman–Crippen MR) is 61.7 cm³/mol. The minimum Gasteiger partial charge on any atom is -0.477 e. The van der Waals surface area contributed by atoms with E-state index in [9.17, 15) is 9.59 Å². The lowest BCUT2D eigenvalue weighted by molar-refractivity contribution is 0.0694.